The highest BCUT2D eigenvalue weighted by Crippen LogP contribution is 2.24. The molecule has 1 unspecified atom stereocenters. The van der Waals surface area contributed by atoms with Crippen LogP contribution in [0.4, 0.5) is 5.69 Å². The topological polar surface area (TPSA) is 69.6 Å². The van der Waals surface area contributed by atoms with Gasteiger partial charge in [-0.3, -0.25) is 4.79 Å². The Kier molecular flexibility index (Phi) is 4.42. The number of halogens is 1. The lowest BCUT2D eigenvalue weighted by Gasteiger charge is -2.10. The van der Waals surface area contributed by atoms with E-state index >= 15 is 0 Å². The van der Waals surface area contributed by atoms with E-state index in [4.69, 9.17) is 0 Å². The average Bonchev–Trinajstić information content (AvgIpc) is 2.38. The summed E-state index contributed by atoms with van der Waals surface area (Å²) in [6, 6.07) is 11.6. The van der Waals surface area contributed by atoms with E-state index < -0.39 is 12.0 Å². The molecule has 2 aromatic carbocycles. The standard InChI is InChI=1S/C15H14BrNO3/c1-9(18)10-3-2-4-12(7-10)17-15(20)13-6-5-11(16)8-14(13)19/h2-9,18-19H,1H3,(H,17,20). The monoisotopic (exact) mass is 335 g/mol. The molecule has 1 amide bonds. The highest BCUT2D eigenvalue weighted by molar-refractivity contribution is 9.10. The van der Waals surface area contributed by atoms with Gasteiger partial charge >= 0.3 is 0 Å². The lowest BCUT2D eigenvalue weighted by molar-refractivity contribution is 0.102. The van der Waals surface area contributed by atoms with E-state index in [1.165, 1.54) is 12.1 Å². The smallest absolute Gasteiger partial charge is 0.259 e. The number of aliphatic hydroxyl groups excluding tert-OH is 1. The molecule has 1 atom stereocenters. The average molecular weight is 336 g/mol. The number of benzene rings is 2. The van der Waals surface area contributed by atoms with E-state index in [1.54, 1.807) is 37.3 Å². The Hall–Kier alpha value is -1.85. The van der Waals surface area contributed by atoms with Crippen LogP contribution in [-0.4, -0.2) is 16.1 Å². The van der Waals surface area contributed by atoms with Crippen molar-refractivity contribution < 1.29 is 15.0 Å². The van der Waals surface area contributed by atoms with Gasteiger partial charge in [0.25, 0.3) is 5.91 Å². The van der Waals surface area contributed by atoms with Crippen LogP contribution >= 0.6 is 15.9 Å². The highest BCUT2D eigenvalue weighted by Gasteiger charge is 2.12. The largest absolute Gasteiger partial charge is 0.507 e. The summed E-state index contributed by atoms with van der Waals surface area (Å²) in [4.78, 5) is 12.1. The number of nitrogens with one attached hydrogen (secondary N) is 1. The van der Waals surface area contributed by atoms with Crippen LogP contribution in [0.2, 0.25) is 0 Å². The van der Waals surface area contributed by atoms with Gasteiger partial charge in [-0.2, -0.15) is 0 Å². The van der Waals surface area contributed by atoms with Gasteiger partial charge in [-0.15, -0.1) is 0 Å². The molecule has 0 saturated heterocycles. The molecule has 4 nitrogen and oxygen atoms in total. The number of carbonyl (C=O) groups is 1. The van der Waals surface area contributed by atoms with Crippen LogP contribution in [-0.2, 0) is 0 Å². The first-order chi connectivity index (χ1) is 9.47. The zero-order chi connectivity index (χ0) is 14.7. The van der Waals surface area contributed by atoms with E-state index in [-0.39, 0.29) is 11.3 Å². The molecule has 0 aliphatic rings. The molecule has 2 aromatic rings. The van der Waals surface area contributed by atoms with Gasteiger partial charge in [0, 0.05) is 10.2 Å². The van der Waals surface area contributed by atoms with Crippen molar-refractivity contribution in [3.63, 3.8) is 0 Å². The molecule has 2 rings (SSSR count). The Morgan fingerprint density at radius 1 is 1.25 bits per heavy atom. The van der Waals surface area contributed by atoms with Crippen LogP contribution < -0.4 is 5.32 Å². The molecule has 20 heavy (non-hydrogen) atoms. The Balaban J connectivity index is 2.21. The molecule has 0 aliphatic heterocycles. The summed E-state index contributed by atoms with van der Waals surface area (Å²) in [7, 11) is 0. The lowest BCUT2D eigenvalue weighted by atomic mass is 10.1. The van der Waals surface area contributed by atoms with Gasteiger partial charge < -0.3 is 15.5 Å². The number of hydrogen-bond acceptors (Lipinski definition) is 3. The minimum absolute atomic E-state index is 0.0939. The molecular formula is C15H14BrNO3. The summed E-state index contributed by atoms with van der Waals surface area (Å²) in [5.74, 6) is -0.499. The maximum atomic E-state index is 12.1. The zero-order valence-electron chi connectivity index (χ0n) is 10.8. The predicted octanol–water partition coefficient (Wildman–Crippen LogP) is 3.46. The number of carbonyl (C=O) groups excluding carboxylic acids is 1. The molecule has 5 heteroatoms. The zero-order valence-corrected chi connectivity index (χ0v) is 12.4. The molecule has 3 N–H and O–H groups in total. The van der Waals surface area contributed by atoms with Gasteiger partial charge in [-0.1, -0.05) is 28.1 Å². The third-order valence-electron chi connectivity index (χ3n) is 2.83. The van der Waals surface area contributed by atoms with Crippen molar-refractivity contribution in [1.29, 1.82) is 0 Å². The summed E-state index contributed by atoms with van der Waals surface area (Å²) in [6.45, 7) is 1.65. The van der Waals surface area contributed by atoms with Gasteiger partial charge in [-0.05, 0) is 42.8 Å². The first kappa shape index (κ1) is 14.6. The van der Waals surface area contributed by atoms with Crippen molar-refractivity contribution in [1.82, 2.24) is 0 Å². The summed E-state index contributed by atoms with van der Waals surface area (Å²) in [5.41, 5.74) is 1.47. The summed E-state index contributed by atoms with van der Waals surface area (Å²) in [5, 5.41) is 22.0. The second-order valence-corrected chi connectivity index (χ2v) is 5.33. The van der Waals surface area contributed by atoms with Crippen LogP contribution in [0.5, 0.6) is 5.75 Å². The Labute approximate surface area is 125 Å². The predicted molar refractivity (Wildman–Crippen MR) is 80.8 cm³/mol. The van der Waals surface area contributed by atoms with Gasteiger partial charge in [0.2, 0.25) is 0 Å². The van der Waals surface area contributed by atoms with Crippen molar-refractivity contribution in [2.24, 2.45) is 0 Å². The summed E-state index contributed by atoms with van der Waals surface area (Å²) < 4.78 is 0.697. The number of phenols is 1. The van der Waals surface area contributed by atoms with Crippen molar-refractivity contribution in [2.75, 3.05) is 5.32 Å². The van der Waals surface area contributed by atoms with Crippen molar-refractivity contribution in [3.8, 4) is 5.75 Å². The molecule has 0 heterocycles. The number of aromatic hydroxyl groups is 1. The second kappa shape index (κ2) is 6.07. The van der Waals surface area contributed by atoms with E-state index in [0.717, 1.165) is 0 Å². The minimum atomic E-state index is -0.604. The van der Waals surface area contributed by atoms with Gasteiger partial charge in [-0.25, -0.2) is 0 Å². The fourth-order valence-electron chi connectivity index (χ4n) is 1.77. The van der Waals surface area contributed by atoms with Gasteiger partial charge in [0.1, 0.15) is 5.75 Å². The Bertz CT molecular complexity index is 641. The van der Waals surface area contributed by atoms with Crippen LogP contribution in [0.1, 0.15) is 28.9 Å². The Morgan fingerprint density at radius 2 is 2.00 bits per heavy atom. The normalized spacial score (nSPS) is 11.9. The molecule has 0 radical (unpaired) electrons. The van der Waals surface area contributed by atoms with Crippen LogP contribution in [0.15, 0.2) is 46.9 Å². The number of anilines is 1. The number of hydrogen-bond donors (Lipinski definition) is 3. The van der Waals surface area contributed by atoms with E-state index in [9.17, 15) is 15.0 Å². The molecule has 0 aliphatic carbocycles. The van der Waals surface area contributed by atoms with Gasteiger partial charge in [0.15, 0.2) is 0 Å². The molecule has 0 aromatic heterocycles. The van der Waals surface area contributed by atoms with Crippen molar-refractivity contribution in [3.05, 3.63) is 58.1 Å². The maximum absolute atomic E-state index is 12.1. The Morgan fingerprint density at radius 3 is 2.65 bits per heavy atom. The lowest BCUT2D eigenvalue weighted by Crippen LogP contribution is -2.12. The number of rotatable bonds is 3. The molecule has 0 fully saturated rings. The number of aliphatic hydroxyl groups is 1. The van der Waals surface area contributed by atoms with E-state index in [2.05, 4.69) is 21.2 Å². The van der Waals surface area contributed by atoms with Crippen LogP contribution in [0.25, 0.3) is 0 Å². The van der Waals surface area contributed by atoms with Gasteiger partial charge in [0.05, 0.1) is 11.7 Å². The highest BCUT2D eigenvalue weighted by atomic mass is 79.9. The maximum Gasteiger partial charge on any atom is 0.259 e. The number of amides is 1. The third kappa shape index (κ3) is 3.37. The number of phenolic OH excluding ortho intramolecular Hbond substituents is 1. The first-order valence-corrected chi connectivity index (χ1v) is 6.84. The van der Waals surface area contributed by atoms with Crippen LogP contribution in [0, 0.1) is 0 Å². The SMILES string of the molecule is CC(O)c1cccc(NC(=O)c2ccc(Br)cc2O)c1. The fraction of sp³-hybridized carbons (Fsp3) is 0.133. The molecular weight excluding hydrogens is 322 g/mol. The summed E-state index contributed by atoms with van der Waals surface area (Å²) in [6.07, 6.45) is -0.604. The molecule has 0 saturated carbocycles. The minimum Gasteiger partial charge on any atom is -0.507 e. The fourth-order valence-corrected chi connectivity index (χ4v) is 2.12. The van der Waals surface area contributed by atoms with Crippen LogP contribution in [0.3, 0.4) is 0 Å². The molecule has 104 valence electrons. The molecule has 0 spiro atoms. The van der Waals surface area contributed by atoms with Crippen molar-refractivity contribution in [2.45, 2.75) is 13.0 Å². The quantitative estimate of drug-likeness (QED) is 0.804. The second-order valence-electron chi connectivity index (χ2n) is 4.42. The first-order valence-electron chi connectivity index (χ1n) is 6.05. The molecule has 0 bridgehead atoms. The van der Waals surface area contributed by atoms with Crippen molar-refractivity contribution >= 4 is 27.5 Å². The summed E-state index contributed by atoms with van der Waals surface area (Å²) >= 11 is 3.22. The van der Waals surface area contributed by atoms with E-state index in [1.807, 2.05) is 0 Å². The van der Waals surface area contributed by atoms with E-state index in [0.29, 0.717) is 15.7 Å². The third-order valence-corrected chi connectivity index (χ3v) is 3.32.